The topological polar surface area (TPSA) is 43.4 Å². The maximum absolute atomic E-state index is 13.0. The molecule has 3 nitrogen and oxygen atoms in total. The number of carbonyl (C=O) groups is 2. The normalized spacial score (nSPS) is 10.0. The van der Waals surface area contributed by atoms with Crippen LogP contribution in [0.5, 0.6) is 5.75 Å². The molecule has 0 heterocycles. The van der Waals surface area contributed by atoms with Crippen LogP contribution in [0.2, 0.25) is 0 Å². The first-order valence-corrected chi connectivity index (χ1v) is 5.60. The summed E-state index contributed by atoms with van der Waals surface area (Å²) >= 11 is 0. The fourth-order valence-corrected chi connectivity index (χ4v) is 1.63. The number of hydrogen-bond donors (Lipinski definition) is 0. The van der Waals surface area contributed by atoms with Gasteiger partial charge in [-0.2, -0.15) is 0 Å². The zero-order valence-corrected chi connectivity index (χ0v) is 10.2. The van der Waals surface area contributed by atoms with Crippen LogP contribution in [0.3, 0.4) is 0 Å². The zero-order chi connectivity index (χ0) is 13.8. The molecule has 0 aliphatic heterocycles. The van der Waals surface area contributed by atoms with Crippen LogP contribution < -0.4 is 4.74 Å². The first-order valence-electron chi connectivity index (χ1n) is 5.60. The van der Waals surface area contributed by atoms with Gasteiger partial charge in [0.2, 0.25) is 11.6 Å². The Labute approximate surface area is 109 Å². The van der Waals surface area contributed by atoms with Crippen LogP contribution in [0.1, 0.15) is 20.7 Å². The molecule has 0 amide bonds. The van der Waals surface area contributed by atoms with E-state index in [0.717, 1.165) is 6.07 Å². The number of halogens is 1. The largest absolute Gasteiger partial charge is 0.497 e. The van der Waals surface area contributed by atoms with Gasteiger partial charge in [0.25, 0.3) is 0 Å². The minimum atomic E-state index is -0.732. The highest BCUT2D eigenvalue weighted by molar-refractivity contribution is 6.49. The van der Waals surface area contributed by atoms with Gasteiger partial charge >= 0.3 is 0 Å². The Hall–Kier alpha value is -2.49. The summed E-state index contributed by atoms with van der Waals surface area (Å²) in [6, 6.07) is 11.2. The minimum Gasteiger partial charge on any atom is -0.497 e. The third-order valence-electron chi connectivity index (χ3n) is 2.65. The van der Waals surface area contributed by atoms with Gasteiger partial charge < -0.3 is 4.74 Å². The van der Waals surface area contributed by atoms with Gasteiger partial charge in [-0.25, -0.2) is 4.39 Å². The summed E-state index contributed by atoms with van der Waals surface area (Å²) in [4.78, 5) is 23.8. The van der Waals surface area contributed by atoms with Crippen molar-refractivity contribution in [1.82, 2.24) is 0 Å². The highest BCUT2D eigenvalue weighted by atomic mass is 19.1. The van der Waals surface area contributed by atoms with Crippen LogP contribution in [0.4, 0.5) is 4.39 Å². The molecular formula is C15H11FO3. The summed E-state index contributed by atoms with van der Waals surface area (Å²) < 4.78 is 18.0. The summed E-state index contributed by atoms with van der Waals surface area (Å²) in [5.41, 5.74) is 0.288. The van der Waals surface area contributed by atoms with Crippen LogP contribution in [-0.4, -0.2) is 18.7 Å². The summed E-state index contributed by atoms with van der Waals surface area (Å²) in [6.07, 6.45) is 0. The van der Waals surface area contributed by atoms with E-state index in [-0.39, 0.29) is 11.1 Å². The van der Waals surface area contributed by atoms with E-state index in [0.29, 0.717) is 5.75 Å². The number of ketones is 2. The monoisotopic (exact) mass is 258 g/mol. The molecule has 0 aliphatic carbocycles. The van der Waals surface area contributed by atoms with Crippen molar-refractivity contribution in [3.63, 3.8) is 0 Å². The van der Waals surface area contributed by atoms with Crippen molar-refractivity contribution >= 4 is 11.6 Å². The molecule has 0 spiro atoms. The Morgan fingerprint density at radius 1 is 0.947 bits per heavy atom. The van der Waals surface area contributed by atoms with Crippen molar-refractivity contribution in [2.75, 3.05) is 7.11 Å². The Morgan fingerprint density at radius 2 is 1.58 bits per heavy atom. The number of hydrogen-bond acceptors (Lipinski definition) is 3. The number of carbonyl (C=O) groups excluding carboxylic acids is 2. The van der Waals surface area contributed by atoms with Crippen molar-refractivity contribution in [3.05, 3.63) is 65.5 Å². The molecule has 0 atom stereocenters. The van der Waals surface area contributed by atoms with Crippen LogP contribution in [0.25, 0.3) is 0 Å². The molecule has 0 N–H and O–H groups in total. The van der Waals surface area contributed by atoms with Crippen LogP contribution in [-0.2, 0) is 0 Å². The Balaban J connectivity index is 2.25. The second-order valence-electron chi connectivity index (χ2n) is 3.90. The molecule has 19 heavy (non-hydrogen) atoms. The van der Waals surface area contributed by atoms with E-state index in [9.17, 15) is 14.0 Å². The molecule has 2 rings (SSSR count). The van der Waals surface area contributed by atoms with Crippen molar-refractivity contribution in [1.29, 1.82) is 0 Å². The van der Waals surface area contributed by atoms with E-state index in [1.54, 1.807) is 12.1 Å². The minimum absolute atomic E-state index is 0.0424. The van der Waals surface area contributed by atoms with Gasteiger partial charge in [-0.15, -0.1) is 0 Å². The first kappa shape index (κ1) is 13.0. The molecule has 2 aromatic carbocycles. The summed E-state index contributed by atoms with van der Waals surface area (Å²) in [5.74, 6) is -1.36. The molecule has 0 radical (unpaired) electrons. The van der Waals surface area contributed by atoms with Gasteiger partial charge in [0.15, 0.2) is 0 Å². The third kappa shape index (κ3) is 2.85. The molecule has 0 saturated heterocycles. The fraction of sp³-hybridized carbons (Fsp3) is 0.0667. The van der Waals surface area contributed by atoms with Crippen molar-refractivity contribution in [3.8, 4) is 5.75 Å². The number of ether oxygens (including phenoxy) is 1. The maximum atomic E-state index is 13.0. The lowest BCUT2D eigenvalue weighted by Gasteiger charge is -2.03. The maximum Gasteiger partial charge on any atom is 0.233 e. The second kappa shape index (κ2) is 5.44. The predicted molar refractivity (Wildman–Crippen MR) is 68.1 cm³/mol. The van der Waals surface area contributed by atoms with E-state index in [2.05, 4.69) is 0 Å². The van der Waals surface area contributed by atoms with Crippen molar-refractivity contribution < 1.29 is 18.7 Å². The van der Waals surface area contributed by atoms with E-state index in [4.69, 9.17) is 4.74 Å². The summed E-state index contributed by atoms with van der Waals surface area (Å²) in [6.45, 7) is 0. The molecule has 0 aromatic heterocycles. The number of benzene rings is 2. The van der Waals surface area contributed by atoms with Gasteiger partial charge in [0, 0.05) is 11.1 Å². The first-order chi connectivity index (χ1) is 9.11. The Morgan fingerprint density at radius 3 is 2.16 bits per heavy atom. The standard InChI is InChI=1S/C15H11FO3/c1-19-13-7-5-10(6-8-13)14(17)15(18)11-3-2-4-12(16)9-11/h2-9H,1H3. The molecule has 0 unspecified atom stereocenters. The van der Waals surface area contributed by atoms with Gasteiger partial charge in [-0.3, -0.25) is 9.59 Å². The quantitative estimate of drug-likeness (QED) is 0.625. The van der Waals surface area contributed by atoms with E-state index in [1.165, 1.54) is 37.4 Å². The summed E-state index contributed by atoms with van der Waals surface area (Å²) in [5, 5.41) is 0. The van der Waals surface area contributed by atoms with Gasteiger partial charge in [0.05, 0.1) is 7.11 Å². The predicted octanol–water partition coefficient (Wildman–Crippen LogP) is 2.90. The number of Topliss-reactive ketones (excluding diaryl/α,β-unsaturated/α-hetero) is 2. The molecule has 0 aliphatic rings. The molecule has 96 valence electrons. The number of methoxy groups -OCH3 is 1. The highest BCUT2D eigenvalue weighted by Crippen LogP contribution is 2.14. The Bertz CT molecular complexity index is 618. The van der Waals surface area contributed by atoms with Crippen molar-refractivity contribution in [2.45, 2.75) is 0 Å². The van der Waals surface area contributed by atoms with E-state index in [1.807, 2.05) is 0 Å². The lowest BCUT2D eigenvalue weighted by atomic mass is 10.0. The van der Waals surface area contributed by atoms with Crippen LogP contribution >= 0.6 is 0 Å². The van der Waals surface area contributed by atoms with Gasteiger partial charge in [-0.05, 0) is 36.4 Å². The molecule has 4 heteroatoms. The van der Waals surface area contributed by atoms with Gasteiger partial charge in [-0.1, -0.05) is 12.1 Å². The van der Waals surface area contributed by atoms with Gasteiger partial charge in [0.1, 0.15) is 11.6 Å². The van der Waals surface area contributed by atoms with E-state index >= 15 is 0 Å². The average molecular weight is 258 g/mol. The fourth-order valence-electron chi connectivity index (χ4n) is 1.63. The van der Waals surface area contributed by atoms with Crippen LogP contribution in [0, 0.1) is 5.82 Å². The lowest BCUT2D eigenvalue weighted by molar-refractivity contribution is 0.0816. The zero-order valence-electron chi connectivity index (χ0n) is 10.2. The molecule has 2 aromatic rings. The average Bonchev–Trinajstić information content (AvgIpc) is 2.46. The smallest absolute Gasteiger partial charge is 0.233 e. The Kier molecular flexibility index (Phi) is 3.71. The lowest BCUT2D eigenvalue weighted by Crippen LogP contribution is -2.14. The molecule has 0 saturated carbocycles. The highest BCUT2D eigenvalue weighted by Gasteiger charge is 2.18. The SMILES string of the molecule is COc1ccc(C(=O)C(=O)c2cccc(F)c2)cc1. The van der Waals surface area contributed by atoms with E-state index < -0.39 is 17.4 Å². The summed E-state index contributed by atoms with van der Waals surface area (Å²) in [7, 11) is 1.51. The number of rotatable bonds is 4. The van der Waals surface area contributed by atoms with Crippen LogP contribution in [0.15, 0.2) is 48.5 Å². The molecule has 0 fully saturated rings. The van der Waals surface area contributed by atoms with Crippen molar-refractivity contribution in [2.24, 2.45) is 0 Å². The third-order valence-corrected chi connectivity index (χ3v) is 2.65. The molecule has 0 bridgehead atoms. The second-order valence-corrected chi connectivity index (χ2v) is 3.90. The molecular weight excluding hydrogens is 247 g/mol.